The molecule has 0 radical (unpaired) electrons. The number of rotatable bonds is 3. The Bertz CT molecular complexity index is 582. The van der Waals surface area contributed by atoms with Crippen LogP contribution in [0, 0.1) is 11.8 Å². The van der Waals surface area contributed by atoms with Crippen molar-refractivity contribution in [1.82, 2.24) is 9.88 Å². The van der Waals surface area contributed by atoms with Gasteiger partial charge in [-0.3, -0.25) is 9.59 Å². The molecule has 2 heterocycles. The summed E-state index contributed by atoms with van der Waals surface area (Å²) >= 11 is 0. The highest BCUT2D eigenvalue weighted by Gasteiger charge is 2.36. The highest BCUT2D eigenvalue weighted by atomic mass is 16.5. The van der Waals surface area contributed by atoms with E-state index < -0.39 is 0 Å². The van der Waals surface area contributed by atoms with Gasteiger partial charge in [-0.2, -0.15) is 0 Å². The number of anilines is 1. The van der Waals surface area contributed by atoms with Crippen LogP contribution in [-0.2, 0) is 14.3 Å². The number of amides is 2. The molecule has 1 saturated heterocycles. The fourth-order valence-corrected chi connectivity index (χ4v) is 3.05. The van der Waals surface area contributed by atoms with Crippen molar-refractivity contribution in [3.8, 4) is 0 Å². The SMILES string of the molecule is O=C(Nc1ccccn1)C1CC=CCC1C(=O)N1CCOCC1. The predicted molar refractivity (Wildman–Crippen MR) is 85.6 cm³/mol. The van der Waals surface area contributed by atoms with Crippen molar-refractivity contribution < 1.29 is 14.3 Å². The number of allylic oxidation sites excluding steroid dienone is 2. The summed E-state index contributed by atoms with van der Waals surface area (Å²) in [5.41, 5.74) is 0. The van der Waals surface area contributed by atoms with Crippen LogP contribution in [0.5, 0.6) is 0 Å². The van der Waals surface area contributed by atoms with E-state index in [1.807, 2.05) is 23.1 Å². The molecule has 6 heteroatoms. The maximum Gasteiger partial charge on any atom is 0.229 e. The van der Waals surface area contributed by atoms with Crippen LogP contribution >= 0.6 is 0 Å². The van der Waals surface area contributed by atoms with E-state index in [1.165, 1.54) is 0 Å². The summed E-state index contributed by atoms with van der Waals surface area (Å²) in [6.45, 7) is 2.35. The molecule has 1 aliphatic heterocycles. The first kappa shape index (κ1) is 15.7. The molecule has 0 spiro atoms. The average Bonchev–Trinajstić information content (AvgIpc) is 2.62. The van der Waals surface area contributed by atoms with E-state index >= 15 is 0 Å². The van der Waals surface area contributed by atoms with Crippen molar-refractivity contribution in [1.29, 1.82) is 0 Å². The third-order valence-electron chi connectivity index (χ3n) is 4.33. The molecule has 3 rings (SSSR count). The van der Waals surface area contributed by atoms with Gasteiger partial charge in [-0.05, 0) is 25.0 Å². The third kappa shape index (κ3) is 3.76. The number of hydrogen-bond donors (Lipinski definition) is 1. The summed E-state index contributed by atoms with van der Waals surface area (Å²) < 4.78 is 5.30. The molecule has 2 atom stereocenters. The second kappa shape index (κ2) is 7.37. The molecule has 1 aromatic heterocycles. The zero-order valence-electron chi connectivity index (χ0n) is 13.0. The molecule has 1 N–H and O–H groups in total. The molecule has 0 saturated carbocycles. The molecule has 23 heavy (non-hydrogen) atoms. The van der Waals surface area contributed by atoms with Crippen LogP contribution in [0.2, 0.25) is 0 Å². The molecule has 6 nitrogen and oxygen atoms in total. The minimum atomic E-state index is -0.350. The maximum atomic E-state index is 12.8. The molecule has 0 bridgehead atoms. The Kier molecular flexibility index (Phi) is 5.02. The Morgan fingerprint density at radius 1 is 1.13 bits per heavy atom. The van der Waals surface area contributed by atoms with E-state index in [-0.39, 0.29) is 23.7 Å². The smallest absolute Gasteiger partial charge is 0.229 e. The highest BCUT2D eigenvalue weighted by Crippen LogP contribution is 2.29. The Labute approximate surface area is 135 Å². The Balaban J connectivity index is 1.69. The lowest BCUT2D eigenvalue weighted by Gasteiger charge is -2.34. The number of nitrogens with zero attached hydrogens (tertiary/aromatic N) is 2. The quantitative estimate of drug-likeness (QED) is 0.857. The molecule has 122 valence electrons. The predicted octanol–water partition coefficient (Wildman–Crippen LogP) is 1.46. The van der Waals surface area contributed by atoms with Crippen LogP contribution in [0.3, 0.4) is 0 Å². The van der Waals surface area contributed by atoms with Gasteiger partial charge in [0.15, 0.2) is 0 Å². The first-order valence-corrected chi connectivity index (χ1v) is 7.99. The summed E-state index contributed by atoms with van der Waals surface area (Å²) in [5, 5.41) is 2.82. The van der Waals surface area contributed by atoms with Gasteiger partial charge >= 0.3 is 0 Å². The third-order valence-corrected chi connectivity index (χ3v) is 4.33. The van der Waals surface area contributed by atoms with Gasteiger partial charge in [0.1, 0.15) is 5.82 Å². The summed E-state index contributed by atoms with van der Waals surface area (Å²) in [6.07, 6.45) is 6.79. The fraction of sp³-hybridized carbons (Fsp3) is 0.471. The topological polar surface area (TPSA) is 71.5 Å². The summed E-state index contributed by atoms with van der Waals surface area (Å²) in [5.74, 6) is -0.220. The zero-order chi connectivity index (χ0) is 16.1. The Morgan fingerprint density at radius 2 is 1.87 bits per heavy atom. The van der Waals surface area contributed by atoms with Crippen LogP contribution in [0.15, 0.2) is 36.5 Å². The van der Waals surface area contributed by atoms with Gasteiger partial charge in [0.25, 0.3) is 0 Å². The van der Waals surface area contributed by atoms with Gasteiger partial charge in [0.05, 0.1) is 25.0 Å². The molecular weight excluding hydrogens is 294 g/mol. The molecule has 1 aliphatic carbocycles. The van der Waals surface area contributed by atoms with Crippen molar-refractivity contribution >= 4 is 17.6 Å². The van der Waals surface area contributed by atoms with Crippen molar-refractivity contribution in [3.05, 3.63) is 36.5 Å². The zero-order valence-corrected chi connectivity index (χ0v) is 13.0. The molecular formula is C17H21N3O3. The van der Waals surface area contributed by atoms with Crippen LogP contribution in [-0.4, -0.2) is 48.0 Å². The van der Waals surface area contributed by atoms with Crippen LogP contribution in [0.4, 0.5) is 5.82 Å². The lowest BCUT2D eigenvalue weighted by Crippen LogP contribution is -2.47. The summed E-state index contributed by atoms with van der Waals surface area (Å²) in [7, 11) is 0. The van der Waals surface area contributed by atoms with E-state index in [2.05, 4.69) is 10.3 Å². The number of carbonyl (C=O) groups is 2. The summed E-state index contributed by atoms with van der Waals surface area (Å²) in [4.78, 5) is 31.3. The molecule has 1 aromatic rings. The monoisotopic (exact) mass is 315 g/mol. The van der Waals surface area contributed by atoms with Gasteiger partial charge in [-0.25, -0.2) is 4.98 Å². The highest BCUT2D eigenvalue weighted by molar-refractivity contribution is 5.95. The lowest BCUT2D eigenvalue weighted by atomic mass is 9.81. The molecule has 2 amide bonds. The Hall–Kier alpha value is -2.21. The van der Waals surface area contributed by atoms with Crippen molar-refractivity contribution in [3.63, 3.8) is 0 Å². The molecule has 1 fully saturated rings. The van der Waals surface area contributed by atoms with E-state index in [1.54, 1.807) is 18.3 Å². The number of morpholine rings is 1. The second-order valence-corrected chi connectivity index (χ2v) is 5.80. The number of hydrogen-bond acceptors (Lipinski definition) is 4. The number of ether oxygens (including phenoxy) is 1. The van der Waals surface area contributed by atoms with Gasteiger partial charge in [0.2, 0.25) is 11.8 Å². The number of aromatic nitrogens is 1. The van der Waals surface area contributed by atoms with Crippen molar-refractivity contribution in [2.45, 2.75) is 12.8 Å². The fourth-order valence-electron chi connectivity index (χ4n) is 3.05. The van der Waals surface area contributed by atoms with Crippen molar-refractivity contribution in [2.24, 2.45) is 11.8 Å². The average molecular weight is 315 g/mol. The van der Waals surface area contributed by atoms with E-state index in [0.29, 0.717) is 45.0 Å². The summed E-state index contributed by atoms with van der Waals surface area (Å²) in [6, 6.07) is 5.36. The lowest BCUT2D eigenvalue weighted by molar-refractivity contribution is -0.144. The Morgan fingerprint density at radius 3 is 2.57 bits per heavy atom. The van der Waals surface area contributed by atoms with E-state index in [0.717, 1.165) is 0 Å². The molecule has 2 unspecified atom stereocenters. The van der Waals surface area contributed by atoms with Crippen LogP contribution in [0.25, 0.3) is 0 Å². The molecule has 2 aliphatic rings. The van der Waals surface area contributed by atoms with Gasteiger partial charge in [0, 0.05) is 19.3 Å². The molecule has 0 aromatic carbocycles. The maximum absolute atomic E-state index is 12.8. The van der Waals surface area contributed by atoms with Crippen molar-refractivity contribution in [2.75, 3.05) is 31.6 Å². The largest absolute Gasteiger partial charge is 0.378 e. The first-order chi connectivity index (χ1) is 11.3. The normalized spacial score (nSPS) is 24.3. The minimum absolute atomic E-state index is 0.0545. The van der Waals surface area contributed by atoms with Crippen LogP contribution < -0.4 is 5.32 Å². The van der Waals surface area contributed by atoms with Gasteiger partial charge in [-0.1, -0.05) is 18.2 Å². The minimum Gasteiger partial charge on any atom is -0.378 e. The standard InChI is InChI=1S/C17H21N3O3/c21-16(19-15-7-3-4-8-18-15)13-5-1-2-6-14(13)17(22)20-9-11-23-12-10-20/h1-4,7-8,13-14H,5-6,9-12H2,(H,18,19,21). The van der Waals surface area contributed by atoms with E-state index in [4.69, 9.17) is 4.74 Å². The van der Waals surface area contributed by atoms with Gasteiger partial charge < -0.3 is 15.0 Å². The first-order valence-electron chi connectivity index (χ1n) is 7.99. The number of pyridine rings is 1. The second-order valence-electron chi connectivity index (χ2n) is 5.80. The van der Waals surface area contributed by atoms with Crippen LogP contribution in [0.1, 0.15) is 12.8 Å². The van der Waals surface area contributed by atoms with Gasteiger partial charge in [-0.15, -0.1) is 0 Å². The van der Waals surface area contributed by atoms with E-state index in [9.17, 15) is 9.59 Å². The number of nitrogens with one attached hydrogen (secondary N) is 1. The number of carbonyl (C=O) groups excluding carboxylic acids is 2.